The highest BCUT2D eigenvalue weighted by atomic mass is 35.5. The van der Waals surface area contributed by atoms with Gasteiger partial charge in [-0.25, -0.2) is 9.67 Å². The zero-order valence-electron chi connectivity index (χ0n) is 15.0. The number of nitrogens with zero attached hydrogens (tertiary/aromatic N) is 3. The van der Waals surface area contributed by atoms with Crippen LogP contribution in [0.4, 0.5) is 18.3 Å². The van der Waals surface area contributed by atoms with Crippen molar-refractivity contribution >= 4 is 34.0 Å². The Bertz CT molecular complexity index is 1190. The number of benzene rings is 2. The Labute approximate surface area is 177 Å². The first-order chi connectivity index (χ1) is 14.3. The summed E-state index contributed by atoms with van der Waals surface area (Å²) in [5, 5.41) is 8.81. The molecule has 152 valence electrons. The number of rotatable bonds is 4. The molecule has 10 heteroatoms. The number of hydrogen-bond acceptors (Lipinski definition) is 4. The van der Waals surface area contributed by atoms with Crippen molar-refractivity contribution in [3.8, 4) is 16.9 Å². The molecule has 0 atom stereocenters. The maximum absolute atomic E-state index is 13.3. The maximum Gasteiger partial charge on any atom is 0.435 e. The second-order valence-corrected chi connectivity index (χ2v) is 7.45. The van der Waals surface area contributed by atoms with Gasteiger partial charge in [0.25, 0.3) is 5.91 Å². The standard InChI is InChI=1S/C20H12ClF3N4OS/c21-14-3-1-2-4-15(14)28-16(11-17(27-28)20(22,23)24)12-5-7-13(8-6-12)18(29)26-19-25-9-10-30-19/h1-11H,(H,25,26,29). The van der Waals surface area contributed by atoms with Gasteiger partial charge in [0.15, 0.2) is 10.8 Å². The molecule has 1 N–H and O–H groups in total. The van der Waals surface area contributed by atoms with Crippen LogP contribution in [-0.2, 0) is 6.18 Å². The lowest BCUT2D eigenvalue weighted by atomic mass is 10.1. The summed E-state index contributed by atoms with van der Waals surface area (Å²) in [4.78, 5) is 16.3. The van der Waals surface area contributed by atoms with E-state index in [1.165, 1.54) is 23.5 Å². The quantitative estimate of drug-likeness (QED) is 0.421. The number of amides is 1. The highest BCUT2D eigenvalue weighted by Gasteiger charge is 2.35. The van der Waals surface area contributed by atoms with Crippen molar-refractivity contribution in [3.05, 3.63) is 82.5 Å². The number of anilines is 1. The number of carbonyl (C=O) groups is 1. The molecule has 1 amide bonds. The maximum atomic E-state index is 13.3. The number of para-hydroxylation sites is 1. The van der Waals surface area contributed by atoms with Crippen LogP contribution >= 0.6 is 22.9 Å². The summed E-state index contributed by atoms with van der Waals surface area (Å²) >= 11 is 7.45. The number of halogens is 4. The van der Waals surface area contributed by atoms with Crippen LogP contribution in [0.1, 0.15) is 16.1 Å². The Balaban J connectivity index is 1.72. The van der Waals surface area contributed by atoms with Crippen molar-refractivity contribution in [1.29, 1.82) is 0 Å². The van der Waals surface area contributed by atoms with Gasteiger partial charge in [-0.2, -0.15) is 18.3 Å². The number of aromatic nitrogens is 3. The van der Waals surface area contributed by atoms with Crippen molar-refractivity contribution in [1.82, 2.24) is 14.8 Å². The minimum Gasteiger partial charge on any atom is -0.298 e. The molecule has 30 heavy (non-hydrogen) atoms. The van der Waals surface area contributed by atoms with Gasteiger partial charge in [-0.05, 0) is 30.3 Å². The molecule has 0 saturated heterocycles. The summed E-state index contributed by atoms with van der Waals surface area (Å²) in [7, 11) is 0. The van der Waals surface area contributed by atoms with Crippen LogP contribution in [0, 0.1) is 0 Å². The van der Waals surface area contributed by atoms with Gasteiger partial charge in [0, 0.05) is 22.7 Å². The molecular weight excluding hydrogens is 437 g/mol. The first kappa shape index (κ1) is 20.1. The Hall–Kier alpha value is -3.17. The van der Waals surface area contributed by atoms with Gasteiger partial charge in [0.1, 0.15) is 0 Å². The van der Waals surface area contributed by atoms with E-state index in [-0.39, 0.29) is 16.6 Å². The molecule has 2 heterocycles. The van der Waals surface area contributed by atoms with E-state index >= 15 is 0 Å². The molecule has 0 aliphatic rings. The fourth-order valence-electron chi connectivity index (χ4n) is 2.78. The van der Waals surface area contributed by atoms with Gasteiger partial charge in [-0.1, -0.05) is 35.9 Å². The number of hydrogen-bond donors (Lipinski definition) is 1. The second-order valence-electron chi connectivity index (χ2n) is 6.14. The molecule has 0 fully saturated rings. The third-order valence-electron chi connectivity index (χ3n) is 4.18. The SMILES string of the molecule is O=C(Nc1nccs1)c1ccc(-c2cc(C(F)(F)F)nn2-c2ccccc2Cl)cc1. The van der Waals surface area contributed by atoms with E-state index in [0.29, 0.717) is 21.9 Å². The lowest BCUT2D eigenvalue weighted by molar-refractivity contribution is -0.141. The zero-order valence-corrected chi connectivity index (χ0v) is 16.6. The molecule has 0 radical (unpaired) electrons. The Morgan fingerprint density at radius 3 is 2.47 bits per heavy atom. The molecule has 0 spiro atoms. The fraction of sp³-hybridized carbons (Fsp3) is 0.0500. The Morgan fingerprint density at radius 2 is 1.83 bits per heavy atom. The summed E-state index contributed by atoms with van der Waals surface area (Å²) < 4.78 is 41.0. The van der Waals surface area contributed by atoms with E-state index in [2.05, 4.69) is 15.4 Å². The highest BCUT2D eigenvalue weighted by molar-refractivity contribution is 7.13. The van der Waals surface area contributed by atoms with E-state index in [0.717, 1.165) is 10.7 Å². The van der Waals surface area contributed by atoms with E-state index in [1.54, 1.807) is 48.0 Å². The highest BCUT2D eigenvalue weighted by Crippen LogP contribution is 2.34. The molecule has 4 aromatic rings. The number of thiazole rings is 1. The van der Waals surface area contributed by atoms with Crippen molar-refractivity contribution in [2.45, 2.75) is 6.18 Å². The lowest BCUT2D eigenvalue weighted by Gasteiger charge is -2.10. The zero-order chi connectivity index (χ0) is 21.3. The molecule has 2 aromatic carbocycles. The Kier molecular flexibility index (Phi) is 5.31. The first-order valence-corrected chi connectivity index (χ1v) is 9.82. The molecule has 0 unspecified atom stereocenters. The molecular formula is C20H12ClF3N4OS. The van der Waals surface area contributed by atoms with Crippen LogP contribution in [0.25, 0.3) is 16.9 Å². The van der Waals surface area contributed by atoms with Gasteiger partial charge >= 0.3 is 6.18 Å². The van der Waals surface area contributed by atoms with E-state index in [9.17, 15) is 18.0 Å². The summed E-state index contributed by atoms with van der Waals surface area (Å²) in [6.45, 7) is 0. The summed E-state index contributed by atoms with van der Waals surface area (Å²) in [5.41, 5.74) is 0.262. The van der Waals surface area contributed by atoms with Crippen LogP contribution in [0.2, 0.25) is 5.02 Å². The fourth-order valence-corrected chi connectivity index (χ4v) is 3.52. The van der Waals surface area contributed by atoms with Gasteiger partial charge in [-0.15, -0.1) is 11.3 Å². The molecule has 4 rings (SSSR count). The number of nitrogens with one attached hydrogen (secondary N) is 1. The van der Waals surface area contributed by atoms with Crippen LogP contribution in [0.15, 0.2) is 66.2 Å². The average Bonchev–Trinajstić information content (AvgIpc) is 3.38. The third-order valence-corrected chi connectivity index (χ3v) is 5.18. The van der Waals surface area contributed by atoms with Crippen molar-refractivity contribution in [3.63, 3.8) is 0 Å². The molecule has 0 bridgehead atoms. The van der Waals surface area contributed by atoms with Crippen molar-refractivity contribution in [2.75, 3.05) is 5.32 Å². The van der Waals surface area contributed by atoms with E-state index in [4.69, 9.17) is 11.6 Å². The Morgan fingerprint density at radius 1 is 1.10 bits per heavy atom. The number of carbonyl (C=O) groups excluding carboxylic acids is 1. The molecule has 0 saturated carbocycles. The molecule has 5 nitrogen and oxygen atoms in total. The van der Waals surface area contributed by atoms with Crippen molar-refractivity contribution < 1.29 is 18.0 Å². The van der Waals surface area contributed by atoms with Crippen LogP contribution in [0.5, 0.6) is 0 Å². The van der Waals surface area contributed by atoms with E-state index in [1.807, 2.05) is 0 Å². The summed E-state index contributed by atoms with van der Waals surface area (Å²) in [5.74, 6) is -0.368. The van der Waals surface area contributed by atoms with Gasteiger partial charge < -0.3 is 0 Å². The predicted molar refractivity (Wildman–Crippen MR) is 109 cm³/mol. The van der Waals surface area contributed by atoms with Gasteiger partial charge in [-0.3, -0.25) is 10.1 Å². The monoisotopic (exact) mass is 448 g/mol. The average molecular weight is 449 g/mol. The predicted octanol–water partition coefficient (Wildman–Crippen LogP) is 5.92. The second kappa shape index (κ2) is 7.92. The minimum absolute atomic E-state index is 0.197. The van der Waals surface area contributed by atoms with Gasteiger partial charge in [0.05, 0.1) is 16.4 Å². The number of alkyl halides is 3. The smallest absolute Gasteiger partial charge is 0.298 e. The van der Waals surface area contributed by atoms with E-state index < -0.39 is 11.9 Å². The topological polar surface area (TPSA) is 59.8 Å². The third kappa shape index (κ3) is 4.07. The van der Waals surface area contributed by atoms with Crippen LogP contribution < -0.4 is 5.32 Å². The summed E-state index contributed by atoms with van der Waals surface area (Å²) in [6.07, 6.45) is -3.05. The molecule has 2 aromatic heterocycles. The minimum atomic E-state index is -4.62. The van der Waals surface area contributed by atoms with Gasteiger partial charge in [0.2, 0.25) is 0 Å². The van der Waals surface area contributed by atoms with Crippen LogP contribution in [0.3, 0.4) is 0 Å². The lowest BCUT2D eigenvalue weighted by Crippen LogP contribution is -2.11. The summed E-state index contributed by atoms with van der Waals surface area (Å²) in [6, 6.07) is 13.6. The first-order valence-electron chi connectivity index (χ1n) is 8.56. The van der Waals surface area contributed by atoms with Crippen molar-refractivity contribution in [2.24, 2.45) is 0 Å². The molecule has 0 aliphatic carbocycles. The largest absolute Gasteiger partial charge is 0.435 e. The normalized spacial score (nSPS) is 11.5. The molecule has 0 aliphatic heterocycles. The van der Waals surface area contributed by atoms with Crippen LogP contribution in [-0.4, -0.2) is 20.7 Å².